The lowest BCUT2D eigenvalue weighted by Crippen LogP contribution is -2.45. The van der Waals surface area contributed by atoms with E-state index >= 15 is 0 Å². The molecule has 0 aliphatic carbocycles. The average Bonchev–Trinajstić information content (AvgIpc) is 2.91. The van der Waals surface area contributed by atoms with E-state index in [0.717, 1.165) is 0 Å². The van der Waals surface area contributed by atoms with Gasteiger partial charge in [0.25, 0.3) is 5.69 Å². The molecule has 2 aromatic carbocycles. The number of ether oxygens (including phenoxy) is 3. The number of nitro groups is 1. The number of allylic oxidation sites excluding steroid dienone is 1. The maximum Gasteiger partial charge on any atom is 0.337 e. The molecule has 1 aliphatic rings. The molecule has 40 heavy (non-hydrogen) atoms. The molecule has 4 N–H and O–H groups in total. The summed E-state index contributed by atoms with van der Waals surface area (Å²) in [6.45, 7) is 3.48. The summed E-state index contributed by atoms with van der Waals surface area (Å²) in [6, 6.07) is 8.04. The second kappa shape index (κ2) is 13.3. The lowest BCUT2D eigenvalue weighted by molar-refractivity contribution is -0.384. The Morgan fingerprint density at radius 2 is 2.00 bits per heavy atom. The van der Waals surface area contributed by atoms with Crippen LogP contribution in [0.3, 0.4) is 0 Å². The largest absolute Gasteiger partial charge is 0.490 e. The Kier molecular flexibility index (Phi) is 9.86. The Bertz CT molecular complexity index is 1330. The molecule has 0 fully saturated rings. The molecule has 0 spiro atoms. The van der Waals surface area contributed by atoms with Gasteiger partial charge in [-0.25, -0.2) is 9.59 Å². The lowest BCUT2D eigenvalue weighted by atomic mass is 9.95. The summed E-state index contributed by atoms with van der Waals surface area (Å²) < 4.78 is 16.3. The number of hydrogen-bond donors (Lipinski definition) is 4. The van der Waals surface area contributed by atoms with Gasteiger partial charge in [0.1, 0.15) is 6.61 Å². The number of aliphatic hydroxyl groups is 1. The van der Waals surface area contributed by atoms with Gasteiger partial charge in [-0.05, 0) is 37.6 Å². The molecule has 0 aromatic heterocycles. The van der Waals surface area contributed by atoms with Crippen molar-refractivity contribution in [1.82, 2.24) is 16.1 Å². The molecule has 2 amide bonds. The predicted octanol–water partition coefficient (Wildman–Crippen LogP) is 2.18. The van der Waals surface area contributed by atoms with Crippen LogP contribution in [0.15, 0.2) is 52.8 Å². The van der Waals surface area contributed by atoms with E-state index in [1.54, 1.807) is 57.1 Å². The van der Waals surface area contributed by atoms with Crippen molar-refractivity contribution in [2.24, 2.45) is 5.10 Å². The fourth-order valence-corrected chi connectivity index (χ4v) is 3.98. The fourth-order valence-electron chi connectivity index (χ4n) is 3.98. The van der Waals surface area contributed by atoms with Crippen LogP contribution in [-0.2, 0) is 9.53 Å². The number of esters is 1. The van der Waals surface area contributed by atoms with Gasteiger partial charge in [0.2, 0.25) is 0 Å². The number of nitrogens with zero attached hydrogens (tertiary/aromatic N) is 3. The number of hydrazone groups is 1. The molecule has 0 radical (unpaired) electrons. The summed E-state index contributed by atoms with van der Waals surface area (Å²) in [5.74, 6) is 0.0491. The van der Waals surface area contributed by atoms with Crippen LogP contribution in [0.5, 0.6) is 11.5 Å². The Morgan fingerprint density at radius 3 is 2.65 bits per heavy atom. The van der Waals surface area contributed by atoms with Crippen LogP contribution in [-0.4, -0.2) is 68.9 Å². The normalized spacial score (nSPS) is 15.7. The smallest absolute Gasteiger partial charge is 0.337 e. The lowest BCUT2D eigenvalue weighted by Gasteiger charge is -2.28. The van der Waals surface area contributed by atoms with Crippen molar-refractivity contribution in [3.63, 3.8) is 0 Å². The van der Waals surface area contributed by atoms with Crippen molar-refractivity contribution in [2.75, 3.05) is 39.3 Å². The number of non-ortho nitro benzene ring substituents is 1. The number of nitrogens with one attached hydrogen (secondary N) is 3. The second-order valence-electron chi connectivity index (χ2n) is 8.81. The molecular formula is C26H32N6O8. The zero-order valence-electron chi connectivity index (χ0n) is 22.8. The molecule has 14 nitrogen and oxygen atoms in total. The van der Waals surface area contributed by atoms with Crippen molar-refractivity contribution in [3.8, 4) is 11.5 Å². The molecule has 3 rings (SSSR count). The number of amides is 2. The van der Waals surface area contributed by atoms with Crippen LogP contribution >= 0.6 is 0 Å². The minimum absolute atomic E-state index is 0.0868. The standard InChI is InChI=1S/C26H32N6O8/c1-6-39-21-12-16(24-23(25(34)38-5)15(2)28-26(35)29-24)7-10-20(21)40-14-22(33)30-27-13-17-11-18(32(36)37)8-9-19(17)31(3)4/h7-13,22,24,30,33H,6,14H2,1-5H3,(H2,28,29,35)/b27-13-/t22-,24-/m1/s1. The Labute approximate surface area is 230 Å². The van der Waals surface area contributed by atoms with Gasteiger partial charge < -0.3 is 34.9 Å². The summed E-state index contributed by atoms with van der Waals surface area (Å²) >= 11 is 0. The van der Waals surface area contributed by atoms with E-state index in [9.17, 15) is 24.8 Å². The number of benzene rings is 2. The Hall–Kier alpha value is -4.85. The summed E-state index contributed by atoms with van der Waals surface area (Å²) in [7, 11) is 4.85. The predicted molar refractivity (Wildman–Crippen MR) is 146 cm³/mol. The first-order chi connectivity index (χ1) is 19.0. The van der Waals surface area contributed by atoms with Crippen LogP contribution < -0.4 is 30.4 Å². The Balaban J connectivity index is 1.73. The monoisotopic (exact) mass is 556 g/mol. The molecule has 1 aliphatic heterocycles. The molecule has 2 aromatic rings. The Morgan fingerprint density at radius 1 is 1.25 bits per heavy atom. The van der Waals surface area contributed by atoms with Crippen molar-refractivity contribution < 1.29 is 33.8 Å². The minimum Gasteiger partial charge on any atom is -0.490 e. The van der Waals surface area contributed by atoms with E-state index in [-0.39, 0.29) is 17.9 Å². The number of urea groups is 1. The zero-order chi connectivity index (χ0) is 29.4. The van der Waals surface area contributed by atoms with Crippen molar-refractivity contribution in [1.29, 1.82) is 0 Å². The number of carbonyl (C=O) groups is 2. The maximum absolute atomic E-state index is 12.4. The number of aliphatic hydroxyl groups excluding tert-OH is 1. The molecular weight excluding hydrogens is 524 g/mol. The van der Waals surface area contributed by atoms with Crippen molar-refractivity contribution in [3.05, 3.63) is 68.9 Å². The maximum atomic E-state index is 12.4. The van der Waals surface area contributed by atoms with Crippen LogP contribution in [0.1, 0.15) is 31.0 Å². The zero-order valence-corrected chi connectivity index (χ0v) is 22.8. The van der Waals surface area contributed by atoms with Crippen molar-refractivity contribution >= 4 is 29.6 Å². The second-order valence-corrected chi connectivity index (χ2v) is 8.81. The SMILES string of the molecule is CCOc1cc([C@H]2NC(=O)NC(C)=C2C(=O)OC)ccc1OC[C@@H](O)N/N=C\c1cc([N+](=O)[O-])ccc1N(C)C. The van der Waals surface area contributed by atoms with Crippen molar-refractivity contribution in [2.45, 2.75) is 26.1 Å². The molecule has 14 heteroatoms. The average molecular weight is 557 g/mol. The number of carbonyl (C=O) groups excluding carboxylic acids is 2. The first-order valence-corrected chi connectivity index (χ1v) is 12.2. The third-order valence-electron chi connectivity index (χ3n) is 5.80. The topological polar surface area (TPSA) is 177 Å². The molecule has 0 saturated carbocycles. The van der Waals surface area contributed by atoms with E-state index in [4.69, 9.17) is 14.2 Å². The van der Waals surface area contributed by atoms with E-state index in [1.807, 2.05) is 0 Å². The highest BCUT2D eigenvalue weighted by Crippen LogP contribution is 2.35. The van der Waals surface area contributed by atoms with E-state index in [2.05, 4.69) is 21.2 Å². The first kappa shape index (κ1) is 29.7. The molecule has 0 saturated heterocycles. The van der Waals surface area contributed by atoms with Gasteiger partial charge in [-0.3, -0.25) is 15.5 Å². The van der Waals surface area contributed by atoms with Crippen LogP contribution in [0.25, 0.3) is 0 Å². The van der Waals surface area contributed by atoms with Gasteiger partial charge in [0, 0.05) is 43.2 Å². The number of methoxy groups -OCH3 is 1. The quantitative estimate of drug-likeness (QED) is 0.0996. The third-order valence-corrected chi connectivity index (χ3v) is 5.80. The molecule has 2 atom stereocenters. The number of anilines is 1. The van der Waals surface area contributed by atoms with E-state index < -0.39 is 29.2 Å². The van der Waals surface area contributed by atoms with Crippen LogP contribution in [0.4, 0.5) is 16.2 Å². The summed E-state index contributed by atoms with van der Waals surface area (Å²) in [4.78, 5) is 36.9. The highest BCUT2D eigenvalue weighted by Gasteiger charge is 2.32. The number of nitro benzene ring substituents is 1. The van der Waals surface area contributed by atoms with E-state index in [1.165, 1.54) is 25.5 Å². The number of hydrogen-bond acceptors (Lipinski definition) is 11. The third kappa shape index (κ3) is 7.17. The molecule has 0 bridgehead atoms. The van der Waals surface area contributed by atoms with Gasteiger partial charge >= 0.3 is 12.0 Å². The van der Waals surface area contributed by atoms with Gasteiger partial charge in [-0.15, -0.1) is 0 Å². The van der Waals surface area contributed by atoms with Gasteiger partial charge in [-0.1, -0.05) is 6.07 Å². The highest BCUT2D eigenvalue weighted by molar-refractivity contribution is 5.95. The molecule has 1 heterocycles. The van der Waals surface area contributed by atoms with Crippen LogP contribution in [0.2, 0.25) is 0 Å². The molecule has 214 valence electrons. The minimum atomic E-state index is -1.23. The number of rotatable bonds is 12. The first-order valence-electron chi connectivity index (χ1n) is 12.2. The van der Waals surface area contributed by atoms with Gasteiger partial charge in [0.05, 0.1) is 36.5 Å². The highest BCUT2D eigenvalue weighted by atomic mass is 16.6. The summed E-state index contributed by atoms with van der Waals surface area (Å²) in [5, 5.41) is 30.8. The fraction of sp³-hybridized carbons (Fsp3) is 0.346. The van der Waals surface area contributed by atoms with Gasteiger partial charge in [-0.2, -0.15) is 5.10 Å². The molecule has 0 unspecified atom stereocenters. The van der Waals surface area contributed by atoms with Gasteiger partial charge in [0.15, 0.2) is 17.7 Å². The van der Waals surface area contributed by atoms with E-state index in [0.29, 0.717) is 40.6 Å². The summed E-state index contributed by atoms with van der Waals surface area (Å²) in [6.07, 6.45) is 0.139. The van der Waals surface area contributed by atoms with Crippen LogP contribution in [0, 0.1) is 10.1 Å². The summed E-state index contributed by atoms with van der Waals surface area (Å²) in [5.41, 5.74) is 4.80.